The number of hydrogen-bond acceptors (Lipinski definition) is 7. The van der Waals surface area contributed by atoms with Crippen LogP contribution in [0.1, 0.15) is 36.0 Å². The van der Waals surface area contributed by atoms with Crippen LogP contribution >= 0.6 is 0 Å². The van der Waals surface area contributed by atoms with Crippen LogP contribution in [-0.4, -0.2) is 61.2 Å². The van der Waals surface area contributed by atoms with Gasteiger partial charge in [0.2, 0.25) is 5.95 Å². The van der Waals surface area contributed by atoms with Gasteiger partial charge < -0.3 is 25.0 Å². The summed E-state index contributed by atoms with van der Waals surface area (Å²) in [5, 5.41) is 5.96. The lowest BCUT2D eigenvalue weighted by Gasteiger charge is -2.16. The molecule has 0 saturated heterocycles. The Bertz CT molecular complexity index is 1240. The number of halogens is 2. The van der Waals surface area contributed by atoms with Crippen molar-refractivity contribution >= 4 is 17.5 Å². The lowest BCUT2D eigenvalue weighted by molar-refractivity contribution is 0.0947. The van der Waals surface area contributed by atoms with Gasteiger partial charge >= 0.3 is 0 Å². The molecule has 37 heavy (non-hydrogen) atoms. The largest absolute Gasteiger partial charge is 0.493 e. The average Bonchev–Trinajstić information content (AvgIpc) is 2.87. The Morgan fingerprint density at radius 2 is 1.76 bits per heavy atom. The Morgan fingerprint density at radius 1 is 1.00 bits per heavy atom. The van der Waals surface area contributed by atoms with Crippen LogP contribution in [0.4, 0.5) is 20.4 Å². The molecule has 0 unspecified atom stereocenters. The summed E-state index contributed by atoms with van der Waals surface area (Å²) in [5.74, 6) is -0.765. The minimum atomic E-state index is -0.647. The van der Waals surface area contributed by atoms with E-state index in [-0.39, 0.29) is 23.3 Å². The predicted molar refractivity (Wildman–Crippen MR) is 137 cm³/mol. The number of likely N-dealkylation sites (N-methyl/N-ethyl adjacent to an activating group) is 1. The van der Waals surface area contributed by atoms with E-state index in [2.05, 4.69) is 20.6 Å². The van der Waals surface area contributed by atoms with Gasteiger partial charge in [-0.1, -0.05) is 0 Å². The summed E-state index contributed by atoms with van der Waals surface area (Å²) in [6.07, 6.45) is 4.32. The molecule has 10 heteroatoms. The van der Waals surface area contributed by atoms with Gasteiger partial charge in [0.25, 0.3) is 5.91 Å². The summed E-state index contributed by atoms with van der Waals surface area (Å²) in [6.45, 7) is 1.98. The Morgan fingerprint density at radius 3 is 2.51 bits per heavy atom. The van der Waals surface area contributed by atoms with E-state index in [0.717, 1.165) is 31.9 Å². The van der Waals surface area contributed by atoms with Crippen molar-refractivity contribution in [1.29, 1.82) is 0 Å². The number of fused-ring (bicyclic) bond motifs is 7. The smallest absolute Gasteiger partial charge is 0.255 e. The van der Waals surface area contributed by atoms with Crippen molar-refractivity contribution < 1.29 is 23.0 Å². The van der Waals surface area contributed by atoms with Crippen molar-refractivity contribution in [2.45, 2.75) is 25.7 Å². The van der Waals surface area contributed by atoms with Crippen LogP contribution in [0.3, 0.4) is 0 Å². The number of amides is 1. The zero-order valence-electron chi connectivity index (χ0n) is 21.0. The van der Waals surface area contributed by atoms with Crippen molar-refractivity contribution in [2.24, 2.45) is 0 Å². The summed E-state index contributed by atoms with van der Waals surface area (Å²) in [6, 6.07) is 9.23. The molecule has 1 aliphatic heterocycles. The zero-order chi connectivity index (χ0) is 26.2. The normalized spacial score (nSPS) is 14.0. The summed E-state index contributed by atoms with van der Waals surface area (Å²) in [7, 11) is 3.88. The van der Waals surface area contributed by atoms with Crippen LogP contribution in [0.2, 0.25) is 0 Å². The molecule has 1 aliphatic rings. The molecular weight excluding hydrogens is 480 g/mol. The second kappa shape index (κ2) is 12.4. The molecule has 8 nitrogen and oxygen atoms in total. The van der Waals surface area contributed by atoms with Gasteiger partial charge in [0.1, 0.15) is 11.4 Å². The van der Waals surface area contributed by atoms with E-state index in [0.29, 0.717) is 48.9 Å². The molecule has 1 aromatic heterocycles. The fourth-order valence-electron chi connectivity index (χ4n) is 3.84. The highest BCUT2D eigenvalue weighted by atomic mass is 19.1. The number of ether oxygens (including phenoxy) is 2. The van der Waals surface area contributed by atoms with Crippen molar-refractivity contribution in [2.75, 3.05) is 45.7 Å². The van der Waals surface area contributed by atoms with Crippen molar-refractivity contribution in [1.82, 2.24) is 20.2 Å². The maximum atomic E-state index is 14.6. The average molecular weight is 512 g/mol. The first kappa shape index (κ1) is 26.3. The van der Waals surface area contributed by atoms with Crippen LogP contribution < -0.4 is 20.1 Å². The minimum Gasteiger partial charge on any atom is -0.493 e. The van der Waals surface area contributed by atoms with Crippen molar-refractivity contribution in [3.05, 3.63) is 59.8 Å². The molecule has 2 heterocycles. The lowest BCUT2D eigenvalue weighted by atomic mass is 10.1. The van der Waals surface area contributed by atoms with Gasteiger partial charge in [-0.05, 0) is 70.1 Å². The third-order valence-corrected chi connectivity index (χ3v) is 5.83. The zero-order valence-corrected chi connectivity index (χ0v) is 21.0. The van der Waals surface area contributed by atoms with E-state index in [1.54, 1.807) is 18.2 Å². The summed E-state index contributed by atoms with van der Waals surface area (Å²) < 4.78 is 40.5. The van der Waals surface area contributed by atoms with Crippen LogP contribution in [0.15, 0.2) is 42.6 Å². The molecule has 0 spiro atoms. The highest BCUT2D eigenvalue weighted by Gasteiger charge is 2.16. The molecule has 196 valence electrons. The molecular formula is C27H31F2N5O3. The molecule has 0 fully saturated rings. The highest BCUT2D eigenvalue weighted by molar-refractivity contribution is 5.97. The molecule has 2 aromatic carbocycles. The highest BCUT2D eigenvalue weighted by Crippen LogP contribution is 2.30. The number of carbonyl (C=O) groups is 1. The molecule has 0 radical (unpaired) electrons. The number of aromatic nitrogens is 2. The second-order valence-electron chi connectivity index (χ2n) is 9.04. The summed E-state index contributed by atoms with van der Waals surface area (Å²) in [4.78, 5) is 23.2. The van der Waals surface area contributed by atoms with Crippen LogP contribution in [0.25, 0.3) is 11.3 Å². The Hall–Kier alpha value is -3.79. The lowest BCUT2D eigenvalue weighted by Crippen LogP contribution is -2.31. The quantitative estimate of drug-likeness (QED) is 0.521. The molecule has 0 saturated carbocycles. The van der Waals surface area contributed by atoms with E-state index in [1.165, 1.54) is 18.2 Å². The molecule has 0 atom stereocenters. The predicted octanol–water partition coefficient (Wildman–Crippen LogP) is 4.79. The Kier molecular flexibility index (Phi) is 8.84. The minimum absolute atomic E-state index is 0.0110. The fourth-order valence-corrected chi connectivity index (χ4v) is 3.84. The number of nitrogens with one attached hydrogen (secondary N) is 2. The van der Waals surface area contributed by atoms with E-state index >= 15 is 0 Å². The number of rotatable bonds is 4. The Labute approximate surface area is 215 Å². The van der Waals surface area contributed by atoms with Gasteiger partial charge in [-0.25, -0.2) is 18.7 Å². The molecule has 0 aliphatic carbocycles. The first-order valence-corrected chi connectivity index (χ1v) is 12.3. The first-order valence-electron chi connectivity index (χ1n) is 12.3. The second-order valence-corrected chi connectivity index (χ2v) is 9.04. The standard InChI is InChI=1S/C27H31F2N5O3/c1-34(2)12-11-30-26(35)20-9-8-19-16-23(20)36-13-5-3-4-6-14-37-24-15-18(7-10-21(24)28)25-22(29)17-31-27(32-19)33-25/h7-10,15-17H,3-6,11-14H2,1-2H3,(H,30,35)(H,31,32,33). The van der Waals surface area contributed by atoms with Crippen LogP contribution in [0, 0.1) is 11.6 Å². The SMILES string of the molecule is CN(C)CCNC(=O)c1ccc2cc1OCCCCCCOc1cc(ccc1F)-c1nc(ncc1F)N2. The van der Waals surface area contributed by atoms with Gasteiger partial charge in [-0.3, -0.25) is 4.79 Å². The summed E-state index contributed by atoms with van der Waals surface area (Å²) >= 11 is 0. The van der Waals surface area contributed by atoms with Gasteiger partial charge in [-0.2, -0.15) is 0 Å². The third-order valence-electron chi connectivity index (χ3n) is 5.83. The summed E-state index contributed by atoms with van der Waals surface area (Å²) in [5.41, 5.74) is 1.37. The first-order chi connectivity index (χ1) is 17.9. The monoisotopic (exact) mass is 511 g/mol. The molecule has 1 amide bonds. The van der Waals surface area contributed by atoms with Gasteiger partial charge in [0, 0.05) is 30.4 Å². The molecule has 4 rings (SSSR count). The number of anilines is 2. The van der Waals surface area contributed by atoms with Gasteiger partial charge in [0.15, 0.2) is 17.4 Å². The molecule has 3 aromatic rings. The van der Waals surface area contributed by atoms with Crippen LogP contribution in [-0.2, 0) is 0 Å². The van der Waals surface area contributed by atoms with E-state index in [4.69, 9.17) is 9.47 Å². The van der Waals surface area contributed by atoms with Crippen LogP contribution in [0.5, 0.6) is 11.5 Å². The number of benzene rings is 2. The van der Waals surface area contributed by atoms with Crippen molar-refractivity contribution in [3.63, 3.8) is 0 Å². The molecule has 6 bridgehead atoms. The van der Waals surface area contributed by atoms with Crippen molar-refractivity contribution in [3.8, 4) is 22.8 Å². The van der Waals surface area contributed by atoms with E-state index in [9.17, 15) is 13.6 Å². The Balaban J connectivity index is 1.64. The molecule has 2 N–H and O–H groups in total. The third kappa shape index (κ3) is 7.13. The van der Waals surface area contributed by atoms with Gasteiger partial charge in [-0.15, -0.1) is 0 Å². The topological polar surface area (TPSA) is 88.6 Å². The maximum Gasteiger partial charge on any atom is 0.255 e. The number of hydrogen-bond donors (Lipinski definition) is 2. The number of nitrogens with zero attached hydrogens (tertiary/aromatic N) is 3. The fraction of sp³-hybridized carbons (Fsp3) is 0.370. The van der Waals surface area contributed by atoms with Gasteiger partial charge in [0.05, 0.1) is 25.0 Å². The van der Waals surface area contributed by atoms with E-state index in [1.807, 2.05) is 19.0 Å². The maximum absolute atomic E-state index is 14.6. The van der Waals surface area contributed by atoms with E-state index < -0.39 is 11.6 Å². The number of carbonyl (C=O) groups excluding carboxylic acids is 1.